The molecule has 0 aliphatic rings. The predicted octanol–water partition coefficient (Wildman–Crippen LogP) is 18.2. The van der Waals surface area contributed by atoms with Gasteiger partial charge in [-0.15, -0.1) is 0 Å². The normalized spacial score (nSPS) is 12.7. The molecule has 0 aromatic heterocycles. The first-order valence-corrected chi connectivity index (χ1v) is 29.6. The molecule has 0 aliphatic heterocycles. The van der Waals surface area contributed by atoms with Crippen LogP contribution in [0.25, 0.3) is 0 Å². The van der Waals surface area contributed by atoms with Crippen LogP contribution in [0.3, 0.4) is 0 Å². The fraction of sp³-hybridized carbons (Fsp3) is 0.900. The van der Waals surface area contributed by atoms with E-state index >= 15 is 0 Å². The number of esters is 1. The molecule has 2 unspecified atom stereocenters. The van der Waals surface area contributed by atoms with E-state index in [1.165, 1.54) is 244 Å². The second kappa shape index (κ2) is 55.9. The maximum atomic E-state index is 12.4. The third kappa shape index (κ3) is 51.7. The van der Waals surface area contributed by atoms with Crippen molar-refractivity contribution in [2.24, 2.45) is 0 Å². The fourth-order valence-electron chi connectivity index (χ4n) is 9.16. The molecule has 0 heterocycles. The van der Waals surface area contributed by atoms with E-state index in [1.807, 2.05) is 0 Å². The first-order chi connectivity index (χ1) is 32.5. The average Bonchev–Trinajstić information content (AvgIpc) is 3.32. The molecule has 0 rings (SSSR count). The molecule has 6 nitrogen and oxygen atoms in total. The Morgan fingerprint density at radius 2 is 0.712 bits per heavy atom. The number of hydrogen-bond donors (Lipinski definition) is 3. The van der Waals surface area contributed by atoms with Gasteiger partial charge in [-0.2, -0.15) is 0 Å². The summed E-state index contributed by atoms with van der Waals surface area (Å²) in [7, 11) is 0. The van der Waals surface area contributed by atoms with Crippen LogP contribution in [0.5, 0.6) is 0 Å². The number of ether oxygens (including phenoxy) is 1. The van der Waals surface area contributed by atoms with Crippen LogP contribution in [0.2, 0.25) is 0 Å². The summed E-state index contributed by atoms with van der Waals surface area (Å²) in [6.07, 6.45) is 67.6. The summed E-state index contributed by atoms with van der Waals surface area (Å²) in [5.41, 5.74) is 0. The number of amides is 1. The van der Waals surface area contributed by atoms with Gasteiger partial charge < -0.3 is 20.3 Å². The molecule has 0 aromatic rings. The lowest BCUT2D eigenvalue weighted by Crippen LogP contribution is -2.45. The molecule has 0 spiro atoms. The Hall–Kier alpha value is -1.66. The predicted molar refractivity (Wildman–Crippen MR) is 287 cm³/mol. The van der Waals surface area contributed by atoms with E-state index in [2.05, 4.69) is 43.5 Å². The molecule has 2 atom stereocenters. The van der Waals surface area contributed by atoms with Crippen molar-refractivity contribution in [1.29, 1.82) is 0 Å². The maximum absolute atomic E-state index is 12.4. The van der Waals surface area contributed by atoms with Crippen LogP contribution in [0.15, 0.2) is 24.3 Å². The molecule has 0 saturated carbocycles. The van der Waals surface area contributed by atoms with Crippen molar-refractivity contribution in [2.75, 3.05) is 13.2 Å². The van der Waals surface area contributed by atoms with E-state index in [1.54, 1.807) is 0 Å². The number of carbonyl (C=O) groups is 2. The third-order valence-electron chi connectivity index (χ3n) is 13.7. The summed E-state index contributed by atoms with van der Waals surface area (Å²) in [6.45, 7) is 4.94. The van der Waals surface area contributed by atoms with Crippen LogP contribution in [0.1, 0.15) is 322 Å². The van der Waals surface area contributed by atoms with Gasteiger partial charge in [0.15, 0.2) is 0 Å². The number of aliphatic hydroxyl groups is 2. The van der Waals surface area contributed by atoms with Crippen LogP contribution in [-0.2, 0) is 14.3 Å². The summed E-state index contributed by atoms with van der Waals surface area (Å²) in [5, 5.41) is 23.1. The SMILES string of the molecule is CCCCCCCC/C=C\CCCCCCCC(=O)OCCCCCCCCCCCCCC/C=C\CCCCCCCCCCC(=O)NC(CO)C(O)CCCCCCCCCCCC. The standard InChI is InChI=1S/C60H115NO5/c1-3-5-7-9-11-13-15-16-27-31-34-38-42-46-50-54-60(65)66-55-51-47-43-39-35-32-29-26-24-22-20-18-17-19-21-23-25-28-30-33-37-41-45-49-53-59(64)61-57(56-62)58(63)52-48-44-40-36-14-12-10-8-6-4-2/h16,19,21,27,57-58,62-63H,3-15,17-18,20,22-26,28-56H2,1-2H3,(H,61,64)/b21-19-,27-16-. The zero-order valence-corrected chi connectivity index (χ0v) is 44.4. The lowest BCUT2D eigenvalue weighted by Gasteiger charge is -2.22. The van der Waals surface area contributed by atoms with Gasteiger partial charge in [-0.05, 0) is 77.0 Å². The van der Waals surface area contributed by atoms with E-state index in [-0.39, 0.29) is 18.5 Å². The number of aliphatic hydroxyl groups excluding tert-OH is 2. The number of unbranched alkanes of at least 4 members (excludes halogenated alkanes) is 40. The summed E-state index contributed by atoms with van der Waals surface area (Å²) in [4.78, 5) is 24.5. The van der Waals surface area contributed by atoms with Gasteiger partial charge in [0.1, 0.15) is 0 Å². The Labute approximate surface area is 411 Å². The van der Waals surface area contributed by atoms with Crippen molar-refractivity contribution < 1.29 is 24.5 Å². The highest BCUT2D eigenvalue weighted by Gasteiger charge is 2.20. The van der Waals surface area contributed by atoms with Crippen molar-refractivity contribution in [1.82, 2.24) is 5.32 Å². The average molecular weight is 931 g/mol. The van der Waals surface area contributed by atoms with Gasteiger partial charge in [-0.25, -0.2) is 0 Å². The zero-order valence-electron chi connectivity index (χ0n) is 44.4. The monoisotopic (exact) mass is 930 g/mol. The van der Waals surface area contributed by atoms with E-state index < -0.39 is 12.1 Å². The van der Waals surface area contributed by atoms with Crippen molar-refractivity contribution >= 4 is 11.9 Å². The van der Waals surface area contributed by atoms with Gasteiger partial charge >= 0.3 is 5.97 Å². The number of nitrogens with one attached hydrogen (secondary N) is 1. The molecule has 0 bridgehead atoms. The van der Waals surface area contributed by atoms with Crippen molar-refractivity contribution in [3.63, 3.8) is 0 Å². The van der Waals surface area contributed by atoms with Crippen molar-refractivity contribution in [2.45, 2.75) is 334 Å². The maximum Gasteiger partial charge on any atom is 0.305 e. The number of carbonyl (C=O) groups excluding carboxylic acids is 2. The lowest BCUT2D eigenvalue weighted by molar-refractivity contribution is -0.143. The first kappa shape index (κ1) is 64.3. The number of rotatable bonds is 55. The first-order valence-electron chi connectivity index (χ1n) is 29.6. The minimum Gasteiger partial charge on any atom is -0.466 e. The summed E-state index contributed by atoms with van der Waals surface area (Å²) >= 11 is 0. The smallest absolute Gasteiger partial charge is 0.305 e. The molecule has 3 N–H and O–H groups in total. The second-order valence-electron chi connectivity index (χ2n) is 20.3. The van der Waals surface area contributed by atoms with E-state index in [4.69, 9.17) is 4.74 Å². The topological polar surface area (TPSA) is 95.9 Å². The quantitative estimate of drug-likeness (QED) is 0.0321. The van der Waals surface area contributed by atoms with E-state index in [0.29, 0.717) is 25.9 Å². The van der Waals surface area contributed by atoms with Gasteiger partial charge in [0, 0.05) is 12.8 Å². The van der Waals surface area contributed by atoms with Crippen molar-refractivity contribution in [3.05, 3.63) is 24.3 Å². The summed E-state index contributed by atoms with van der Waals surface area (Å²) in [6, 6.07) is -0.543. The molecule has 66 heavy (non-hydrogen) atoms. The van der Waals surface area contributed by atoms with Gasteiger partial charge in [0.25, 0.3) is 0 Å². The highest BCUT2D eigenvalue weighted by Crippen LogP contribution is 2.17. The third-order valence-corrected chi connectivity index (χ3v) is 13.7. The lowest BCUT2D eigenvalue weighted by atomic mass is 10.0. The molecule has 0 aliphatic carbocycles. The molecular formula is C60H115NO5. The minimum atomic E-state index is -0.665. The van der Waals surface area contributed by atoms with E-state index in [0.717, 1.165) is 44.9 Å². The Morgan fingerprint density at radius 1 is 0.409 bits per heavy atom. The molecular weight excluding hydrogens is 815 g/mol. The fourth-order valence-corrected chi connectivity index (χ4v) is 9.16. The zero-order chi connectivity index (χ0) is 47.9. The minimum absolute atomic E-state index is 0.00462. The van der Waals surface area contributed by atoms with Crippen molar-refractivity contribution in [3.8, 4) is 0 Å². The molecule has 0 aromatic carbocycles. The van der Waals surface area contributed by atoms with Crippen LogP contribution >= 0.6 is 0 Å². The van der Waals surface area contributed by atoms with E-state index in [9.17, 15) is 19.8 Å². The Morgan fingerprint density at radius 3 is 1.08 bits per heavy atom. The van der Waals surface area contributed by atoms with Gasteiger partial charge in [-0.1, -0.05) is 256 Å². The largest absolute Gasteiger partial charge is 0.466 e. The Balaban J connectivity index is 3.38. The Bertz CT molecular complexity index is 1030. The van der Waals surface area contributed by atoms with Crippen LogP contribution < -0.4 is 5.32 Å². The number of hydrogen-bond acceptors (Lipinski definition) is 5. The van der Waals surface area contributed by atoms with Crippen LogP contribution in [-0.4, -0.2) is 47.4 Å². The second-order valence-corrected chi connectivity index (χ2v) is 20.3. The molecule has 390 valence electrons. The highest BCUT2D eigenvalue weighted by molar-refractivity contribution is 5.76. The van der Waals surface area contributed by atoms with Gasteiger partial charge in [0.05, 0.1) is 25.4 Å². The summed E-state index contributed by atoms with van der Waals surface area (Å²) < 4.78 is 5.48. The molecule has 0 fully saturated rings. The highest BCUT2D eigenvalue weighted by atomic mass is 16.5. The van der Waals surface area contributed by atoms with Crippen LogP contribution in [0.4, 0.5) is 0 Å². The van der Waals surface area contributed by atoms with Gasteiger partial charge in [-0.3, -0.25) is 9.59 Å². The van der Waals surface area contributed by atoms with Gasteiger partial charge in [0.2, 0.25) is 5.91 Å². The molecule has 0 saturated heterocycles. The molecule has 0 radical (unpaired) electrons. The Kier molecular flexibility index (Phi) is 54.5. The van der Waals surface area contributed by atoms with Crippen LogP contribution in [0, 0.1) is 0 Å². The summed E-state index contributed by atoms with van der Waals surface area (Å²) in [5.74, 6) is -0.0361. The molecule has 1 amide bonds. The number of allylic oxidation sites excluding steroid dienone is 4. The molecule has 6 heteroatoms.